The quantitative estimate of drug-likeness (QED) is 0.523. The van der Waals surface area contributed by atoms with Crippen LogP contribution in [-0.4, -0.2) is 27.2 Å². The summed E-state index contributed by atoms with van der Waals surface area (Å²) in [7, 11) is 4.06. The number of hydrogen-bond donors (Lipinski definition) is 1. The zero-order chi connectivity index (χ0) is 19.6. The van der Waals surface area contributed by atoms with Gasteiger partial charge in [-0.15, -0.1) is 5.92 Å². The van der Waals surface area contributed by atoms with Gasteiger partial charge in [0.15, 0.2) is 0 Å². The molecule has 0 atom stereocenters. The number of hydrogen-bond acceptors (Lipinski definition) is 2. The van der Waals surface area contributed by atoms with Crippen molar-refractivity contribution >= 4 is 5.69 Å². The van der Waals surface area contributed by atoms with Crippen LogP contribution in [0.1, 0.15) is 65.4 Å². The van der Waals surface area contributed by atoms with E-state index in [4.69, 9.17) is 0 Å². The molecule has 1 aliphatic heterocycles. The van der Waals surface area contributed by atoms with Gasteiger partial charge in [0.05, 0.1) is 0 Å². The first-order valence-corrected chi connectivity index (χ1v) is 10.2. The van der Waals surface area contributed by atoms with Gasteiger partial charge in [-0.2, -0.15) is 0 Å². The van der Waals surface area contributed by atoms with Crippen molar-refractivity contribution in [2.24, 2.45) is 5.92 Å². The summed E-state index contributed by atoms with van der Waals surface area (Å²) in [5.41, 5.74) is 2.28. The third-order valence-corrected chi connectivity index (χ3v) is 4.26. The molecule has 2 nitrogen and oxygen atoms in total. The van der Waals surface area contributed by atoms with Crippen LogP contribution in [0.4, 0.5) is 5.69 Å². The van der Waals surface area contributed by atoms with Crippen molar-refractivity contribution in [3.05, 3.63) is 42.0 Å². The number of allylic oxidation sites excluding steroid dienone is 2. The predicted octanol–water partition coefficient (Wildman–Crippen LogP) is 5.88. The third-order valence-electron chi connectivity index (χ3n) is 4.26. The van der Waals surface area contributed by atoms with Crippen molar-refractivity contribution < 1.29 is 0 Å². The summed E-state index contributed by atoms with van der Waals surface area (Å²) in [6, 6.07) is 8.21. The third kappa shape index (κ3) is 11.8. The van der Waals surface area contributed by atoms with E-state index in [0.717, 1.165) is 11.5 Å². The second-order valence-corrected chi connectivity index (χ2v) is 6.47. The van der Waals surface area contributed by atoms with Crippen LogP contribution in [0, 0.1) is 17.8 Å². The minimum Gasteiger partial charge on any atom is -0.378 e. The van der Waals surface area contributed by atoms with Gasteiger partial charge >= 0.3 is 0 Å². The summed E-state index contributed by atoms with van der Waals surface area (Å²) in [6.07, 6.45) is 11.3. The summed E-state index contributed by atoms with van der Waals surface area (Å²) in [4.78, 5) is 2.07. The molecule has 1 aliphatic rings. The zero-order valence-electron chi connectivity index (χ0n) is 17.9. The lowest BCUT2D eigenvalue weighted by Gasteiger charge is -2.21. The largest absolute Gasteiger partial charge is 0.378 e. The molecule has 26 heavy (non-hydrogen) atoms. The van der Waals surface area contributed by atoms with Crippen molar-refractivity contribution in [2.45, 2.75) is 59.8 Å². The number of nitrogens with one attached hydrogen (secondary N) is 1. The van der Waals surface area contributed by atoms with E-state index < -0.39 is 0 Å². The van der Waals surface area contributed by atoms with Crippen LogP contribution in [0.5, 0.6) is 0 Å². The molecule has 146 valence electrons. The van der Waals surface area contributed by atoms with Crippen molar-refractivity contribution in [1.29, 1.82) is 0 Å². The molecule has 0 spiro atoms. The second kappa shape index (κ2) is 16.7. The Morgan fingerprint density at radius 2 is 1.69 bits per heavy atom. The van der Waals surface area contributed by atoms with Crippen LogP contribution in [-0.2, 0) is 0 Å². The topological polar surface area (TPSA) is 15.3 Å². The van der Waals surface area contributed by atoms with Crippen molar-refractivity contribution in [3.63, 3.8) is 0 Å². The first-order valence-electron chi connectivity index (χ1n) is 10.2. The molecule has 0 unspecified atom stereocenters. The van der Waals surface area contributed by atoms with E-state index in [0.29, 0.717) is 0 Å². The van der Waals surface area contributed by atoms with Crippen LogP contribution in [0.25, 0.3) is 0 Å². The highest BCUT2D eigenvalue weighted by Gasteiger charge is 2.10. The van der Waals surface area contributed by atoms with Gasteiger partial charge < -0.3 is 10.2 Å². The van der Waals surface area contributed by atoms with Crippen LogP contribution < -0.4 is 10.2 Å². The minimum absolute atomic E-state index is 0.993. The maximum atomic E-state index is 3.40. The molecule has 0 amide bonds. The van der Waals surface area contributed by atoms with Gasteiger partial charge in [0.1, 0.15) is 0 Å². The molecule has 2 heteroatoms. The highest BCUT2D eigenvalue weighted by molar-refractivity contribution is 5.49. The lowest BCUT2D eigenvalue weighted by Crippen LogP contribution is -2.27. The number of piperidine rings is 1. The smallest absolute Gasteiger partial charge is 0.0361 e. The second-order valence-electron chi connectivity index (χ2n) is 6.47. The molecule has 0 aliphatic carbocycles. The van der Waals surface area contributed by atoms with Crippen LogP contribution in [0.3, 0.4) is 0 Å². The first-order chi connectivity index (χ1) is 12.7. The van der Waals surface area contributed by atoms with Crippen molar-refractivity contribution in [1.82, 2.24) is 5.32 Å². The molecule has 1 N–H and O–H groups in total. The Bertz CT molecular complexity index is 511. The van der Waals surface area contributed by atoms with Gasteiger partial charge in [-0.05, 0) is 82.3 Å². The standard InChI is InChI=1S/C11H13N.C11H21N.C2H6/c1-4-5-10-6-8-11(9-7-10)12(2)3;1-2-3-4-5-6-11-7-9-12-10-8-11;1-2/h6-9H,1-3H3;3-4,11-12H,2,5-10H2,1H3;1-2H3. The van der Waals surface area contributed by atoms with Gasteiger partial charge in [-0.25, -0.2) is 0 Å². The molecule has 0 saturated carbocycles. The molecule has 1 heterocycles. The molecule has 0 radical (unpaired) electrons. The fourth-order valence-corrected chi connectivity index (χ4v) is 2.77. The molecule has 1 fully saturated rings. The summed E-state index contributed by atoms with van der Waals surface area (Å²) >= 11 is 0. The molecule has 1 saturated heterocycles. The monoisotopic (exact) mass is 356 g/mol. The Morgan fingerprint density at radius 3 is 2.19 bits per heavy atom. The number of benzene rings is 1. The molecule has 1 aromatic rings. The van der Waals surface area contributed by atoms with E-state index in [9.17, 15) is 0 Å². The van der Waals surface area contributed by atoms with E-state index >= 15 is 0 Å². The molecule has 0 aromatic heterocycles. The van der Waals surface area contributed by atoms with Gasteiger partial charge in [-0.1, -0.05) is 38.8 Å². The van der Waals surface area contributed by atoms with E-state index in [1.54, 1.807) is 0 Å². The Kier molecular flexibility index (Phi) is 15.6. The maximum Gasteiger partial charge on any atom is 0.0361 e. The lowest BCUT2D eigenvalue weighted by molar-refractivity contribution is 0.356. The van der Waals surface area contributed by atoms with Gasteiger partial charge in [-0.3, -0.25) is 0 Å². The average molecular weight is 357 g/mol. The molecule has 0 bridgehead atoms. The molecule has 2 rings (SSSR count). The summed E-state index contributed by atoms with van der Waals surface area (Å²) in [6.45, 7) is 10.5. The fourth-order valence-electron chi connectivity index (χ4n) is 2.77. The Hall–Kier alpha value is -1.72. The molecule has 1 aromatic carbocycles. The summed E-state index contributed by atoms with van der Waals surface area (Å²) < 4.78 is 0. The molecular weight excluding hydrogens is 316 g/mol. The average Bonchev–Trinajstić information content (AvgIpc) is 2.69. The minimum atomic E-state index is 0.993. The van der Waals surface area contributed by atoms with Gasteiger partial charge in [0, 0.05) is 25.3 Å². The van der Waals surface area contributed by atoms with Gasteiger partial charge in [0.25, 0.3) is 0 Å². The Morgan fingerprint density at radius 1 is 1.08 bits per heavy atom. The van der Waals surface area contributed by atoms with E-state index in [1.807, 2.05) is 47.0 Å². The summed E-state index contributed by atoms with van der Waals surface area (Å²) in [5, 5.41) is 3.40. The fraction of sp³-hybridized carbons (Fsp3) is 0.583. The highest BCUT2D eigenvalue weighted by atomic mass is 15.1. The van der Waals surface area contributed by atoms with E-state index in [-0.39, 0.29) is 0 Å². The first kappa shape index (κ1) is 24.3. The Labute approximate surface area is 163 Å². The lowest BCUT2D eigenvalue weighted by atomic mass is 9.93. The van der Waals surface area contributed by atoms with Crippen LogP contribution in [0.15, 0.2) is 36.4 Å². The van der Waals surface area contributed by atoms with E-state index in [2.05, 4.69) is 53.3 Å². The SMILES string of the molecule is CC.CC#Cc1ccc(N(C)C)cc1.CCC=CCCC1CCNCC1. The zero-order valence-corrected chi connectivity index (χ0v) is 17.9. The maximum absolute atomic E-state index is 3.40. The van der Waals surface area contributed by atoms with Crippen LogP contribution >= 0.6 is 0 Å². The van der Waals surface area contributed by atoms with Crippen LogP contribution in [0.2, 0.25) is 0 Å². The van der Waals surface area contributed by atoms with Crippen molar-refractivity contribution in [2.75, 3.05) is 32.1 Å². The van der Waals surface area contributed by atoms with Gasteiger partial charge in [0.2, 0.25) is 0 Å². The number of anilines is 1. The normalized spacial score (nSPS) is 13.6. The summed E-state index contributed by atoms with van der Waals surface area (Å²) in [5.74, 6) is 6.87. The predicted molar refractivity (Wildman–Crippen MR) is 119 cm³/mol. The Balaban J connectivity index is 0.000000439. The molecular formula is C24H40N2. The van der Waals surface area contributed by atoms with Crippen molar-refractivity contribution in [3.8, 4) is 11.8 Å². The van der Waals surface area contributed by atoms with E-state index in [1.165, 1.54) is 50.9 Å². The number of rotatable bonds is 5. The number of nitrogens with zero attached hydrogens (tertiary/aromatic N) is 1. The highest BCUT2D eigenvalue weighted by Crippen LogP contribution is 2.17.